The van der Waals surface area contributed by atoms with Crippen molar-refractivity contribution in [2.24, 2.45) is 5.73 Å². The van der Waals surface area contributed by atoms with E-state index in [0.29, 0.717) is 13.0 Å². The quantitative estimate of drug-likeness (QED) is 0.654. The molecule has 4 N–H and O–H groups in total. The Bertz CT molecular complexity index is 779. The van der Waals surface area contributed by atoms with Crippen molar-refractivity contribution in [1.29, 1.82) is 0 Å². The van der Waals surface area contributed by atoms with Crippen LogP contribution in [0.4, 0.5) is 0 Å². The van der Waals surface area contributed by atoms with E-state index >= 15 is 0 Å². The summed E-state index contributed by atoms with van der Waals surface area (Å²) in [6.45, 7) is 0.602. The van der Waals surface area contributed by atoms with Gasteiger partial charge < -0.3 is 16.0 Å². The molecule has 23 heavy (non-hydrogen) atoms. The molecule has 1 aromatic heterocycles. The Labute approximate surface area is 135 Å². The molecule has 1 atom stereocenters. The first-order valence-electron chi connectivity index (χ1n) is 7.86. The number of nitrogens with one attached hydrogen (secondary N) is 2. The van der Waals surface area contributed by atoms with Crippen LogP contribution in [0.5, 0.6) is 0 Å². The van der Waals surface area contributed by atoms with Crippen LogP contribution in [0, 0.1) is 0 Å². The van der Waals surface area contributed by atoms with Gasteiger partial charge in [-0.05, 0) is 30.0 Å². The molecule has 3 rings (SSSR count). The summed E-state index contributed by atoms with van der Waals surface area (Å²) in [5, 5.41) is 4.04. The number of benzene rings is 2. The molecule has 0 aliphatic rings. The topological polar surface area (TPSA) is 70.9 Å². The molecular weight excluding hydrogens is 286 g/mol. The lowest BCUT2D eigenvalue weighted by atomic mass is 10.0. The average molecular weight is 307 g/mol. The van der Waals surface area contributed by atoms with E-state index in [4.69, 9.17) is 5.73 Å². The smallest absolute Gasteiger partial charge is 0.237 e. The third-order valence-corrected chi connectivity index (χ3v) is 4.01. The van der Waals surface area contributed by atoms with Gasteiger partial charge in [0.25, 0.3) is 0 Å². The van der Waals surface area contributed by atoms with Gasteiger partial charge in [-0.1, -0.05) is 48.5 Å². The number of aromatic amines is 1. The molecule has 1 amide bonds. The number of amides is 1. The fourth-order valence-electron chi connectivity index (χ4n) is 2.74. The molecule has 1 heterocycles. The minimum atomic E-state index is -0.537. The minimum Gasteiger partial charge on any atom is -0.361 e. The number of hydrogen-bond acceptors (Lipinski definition) is 2. The standard InChI is InChI=1S/C19H21N3O/c20-17(12-15-13-22-18-9-5-4-8-16(15)18)19(23)21-11-10-14-6-2-1-3-7-14/h1-9,13,17,22H,10-12,20H2,(H,21,23)/t17-/m1/s1. The van der Waals surface area contributed by atoms with E-state index < -0.39 is 6.04 Å². The zero-order chi connectivity index (χ0) is 16.1. The highest BCUT2D eigenvalue weighted by Crippen LogP contribution is 2.18. The van der Waals surface area contributed by atoms with Gasteiger partial charge in [-0.25, -0.2) is 0 Å². The maximum absolute atomic E-state index is 12.1. The van der Waals surface area contributed by atoms with Crippen molar-refractivity contribution in [2.45, 2.75) is 18.9 Å². The van der Waals surface area contributed by atoms with Gasteiger partial charge in [0.2, 0.25) is 5.91 Å². The lowest BCUT2D eigenvalue weighted by Gasteiger charge is -2.12. The second kappa shape index (κ2) is 7.11. The maximum atomic E-state index is 12.1. The predicted octanol–water partition coefficient (Wildman–Crippen LogP) is 2.40. The molecule has 0 aliphatic carbocycles. The van der Waals surface area contributed by atoms with Gasteiger partial charge in [0.05, 0.1) is 6.04 Å². The number of hydrogen-bond donors (Lipinski definition) is 3. The summed E-state index contributed by atoms with van der Waals surface area (Å²) in [6.07, 6.45) is 3.27. The number of carbonyl (C=O) groups is 1. The van der Waals surface area contributed by atoms with Crippen molar-refractivity contribution >= 4 is 16.8 Å². The number of nitrogens with two attached hydrogens (primary N) is 1. The maximum Gasteiger partial charge on any atom is 0.237 e. The van der Waals surface area contributed by atoms with Gasteiger partial charge in [-0.2, -0.15) is 0 Å². The molecule has 4 heteroatoms. The minimum absolute atomic E-state index is 0.105. The molecule has 0 saturated heterocycles. The summed E-state index contributed by atoms with van der Waals surface area (Å²) in [4.78, 5) is 15.4. The number of H-pyrrole nitrogens is 1. The van der Waals surface area contributed by atoms with E-state index in [1.165, 1.54) is 5.56 Å². The van der Waals surface area contributed by atoms with Crippen LogP contribution in [0.2, 0.25) is 0 Å². The van der Waals surface area contributed by atoms with E-state index in [1.54, 1.807) is 0 Å². The molecule has 0 unspecified atom stereocenters. The molecule has 0 radical (unpaired) electrons. The van der Waals surface area contributed by atoms with Crippen molar-refractivity contribution in [3.63, 3.8) is 0 Å². The average Bonchev–Trinajstić information content (AvgIpc) is 2.99. The lowest BCUT2D eigenvalue weighted by Crippen LogP contribution is -2.42. The molecular formula is C19H21N3O. The van der Waals surface area contributed by atoms with E-state index in [1.807, 2.05) is 48.7 Å². The number of para-hydroxylation sites is 1. The third kappa shape index (κ3) is 3.79. The summed E-state index contributed by atoms with van der Waals surface area (Å²) in [6, 6.07) is 17.6. The van der Waals surface area contributed by atoms with Crippen molar-refractivity contribution in [3.05, 3.63) is 71.9 Å². The van der Waals surface area contributed by atoms with Crippen LogP contribution >= 0.6 is 0 Å². The molecule has 0 saturated carbocycles. The summed E-state index contributed by atoms with van der Waals surface area (Å²) in [7, 11) is 0. The van der Waals surface area contributed by atoms with E-state index in [2.05, 4.69) is 22.4 Å². The lowest BCUT2D eigenvalue weighted by molar-refractivity contribution is -0.122. The number of fused-ring (bicyclic) bond motifs is 1. The Morgan fingerprint density at radius 1 is 1.09 bits per heavy atom. The fourth-order valence-corrected chi connectivity index (χ4v) is 2.74. The van der Waals surface area contributed by atoms with Gasteiger partial charge >= 0.3 is 0 Å². The zero-order valence-corrected chi connectivity index (χ0v) is 13.0. The van der Waals surface area contributed by atoms with Crippen molar-refractivity contribution < 1.29 is 4.79 Å². The number of carbonyl (C=O) groups excluding carboxylic acids is 1. The van der Waals surface area contributed by atoms with Gasteiger partial charge in [-0.15, -0.1) is 0 Å². The Kier molecular flexibility index (Phi) is 4.74. The Balaban J connectivity index is 1.53. The van der Waals surface area contributed by atoms with E-state index in [-0.39, 0.29) is 5.91 Å². The van der Waals surface area contributed by atoms with Crippen LogP contribution in [0.1, 0.15) is 11.1 Å². The third-order valence-electron chi connectivity index (χ3n) is 4.01. The van der Waals surface area contributed by atoms with Gasteiger partial charge in [-0.3, -0.25) is 4.79 Å². The summed E-state index contributed by atoms with van der Waals surface area (Å²) in [5.74, 6) is -0.105. The fraction of sp³-hybridized carbons (Fsp3) is 0.211. The van der Waals surface area contributed by atoms with Crippen LogP contribution < -0.4 is 11.1 Å². The van der Waals surface area contributed by atoms with Crippen LogP contribution in [0.25, 0.3) is 10.9 Å². The van der Waals surface area contributed by atoms with Gasteiger partial charge in [0.1, 0.15) is 0 Å². The molecule has 0 spiro atoms. The molecule has 2 aromatic carbocycles. The molecule has 0 aliphatic heterocycles. The van der Waals surface area contributed by atoms with E-state index in [9.17, 15) is 4.79 Å². The van der Waals surface area contributed by atoms with Crippen molar-refractivity contribution in [2.75, 3.05) is 6.54 Å². The summed E-state index contributed by atoms with van der Waals surface area (Å²) >= 11 is 0. The summed E-state index contributed by atoms with van der Waals surface area (Å²) in [5.41, 5.74) is 9.40. The second-order valence-electron chi connectivity index (χ2n) is 5.70. The number of aromatic nitrogens is 1. The highest BCUT2D eigenvalue weighted by Gasteiger charge is 2.15. The van der Waals surface area contributed by atoms with Crippen molar-refractivity contribution in [1.82, 2.24) is 10.3 Å². The van der Waals surface area contributed by atoms with E-state index in [0.717, 1.165) is 22.9 Å². The second-order valence-corrected chi connectivity index (χ2v) is 5.70. The Morgan fingerprint density at radius 2 is 1.83 bits per heavy atom. The SMILES string of the molecule is N[C@H](Cc1c[nH]c2ccccc12)C(=O)NCCc1ccccc1. The van der Waals surface area contributed by atoms with Crippen molar-refractivity contribution in [3.8, 4) is 0 Å². The van der Waals surface area contributed by atoms with Gasteiger partial charge in [0, 0.05) is 23.6 Å². The van der Waals surface area contributed by atoms with Crippen LogP contribution in [0.3, 0.4) is 0 Å². The largest absolute Gasteiger partial charge is 0.361 e. The van der Waals surface area contributed by atoms with Crippen LogP contribution in [0.15, 0.2) is 60.8 Å². The first-order valence-corrected chi connectivity index (χ1v) is 7.86. The Hall–Kier alpha value is -2.59. The number of rotatable bonds is 6. The zero-order valence-electron chi connectivity index (χ0n) is 13.0. The summed E-state index contributed by atoms with van der Waals surface area (Å²) < 4.78 is 0. The normalized spacial score (nSPS) is 12.2. The molecule has 0 fully saturated rings. The van der Waals surface area contributed by atoms with Crippen LogP contribution in [-0.2, 0) is 17.6 Å². The monoisotopic (exact) mass is 307 g/mol. The first kappa shape index (κ1) is 15.3. The first-order chi connectivity index (χ1) is 11.2. The molecule has 0 bridgehead atoms. The Morgan fingerprint density at radius 3 is 2.65 bits per heavy atom. The van der Waals surface area contributed by atoms with Gasteiger partial charge in [0.15, 0.2) is 0 Å². The highest BCUT2D eigenvalue weighted by molar-refractivity contribution is 5.86. The highest BCUT2D eigenvalue weighted by atomic mass is 16.2. The molecule has 4 nitrogen and oxygen atoms in total. The predicted molar refractivity (Wildman–Crippen MR) is 93.1 cm³/mol. The molecule has 118 valence electrons. The molecule has 3 aromatic rings. The van der Waals surface area contributed by atoms with Crippen LogP contribution in [-0.4, -0.2) is 23.5 Å².